The Morgan fingerprint density at radius 1 is 1.04 bits per heavy atom. The number of nitrogens with one attached hydrogen (secondary N) is 2. The molecule has 3 rings (SSSR count). The Kier molecular flexibility index (Phi) is 5.07. The Hall–Kier alpha value is -1.73. The number of fused-ring (bicyclic) bond motifs is 1. The van der Waals surface area contributed by atoms with Crippen molar-refractivity contribution in [2.75, 3.05) is 0 Å². The maximum Gasteiger partial charge on any atom is 0.279 e. The lowest BCUT2D eigenvalue weighted by atomic mass is 10.1. The summed E-state index contributed by atoms with van der Waals surface area (Å²) in [6, 6.07) is 3.59. The lowest BCUT2D eigenvalue weighted by molar-refractivity contribution is 0.0848. The number of thiophene rings is 1. The molecule has 2 N–H and O–H groups in total. The highest BCUT2D eigenvalue weighted by Crippen LogP contribution is 2.28. The molecule has 0 atom stereocenters. The zero-order chi connectivity index (χ0) is 16.2. The third-order valence-corrected chi connectivity index (χ3v) is 5.40. The normalized spacial score (nSPS) is 13.8. The van der Waals surface area contributed by atoms with Crippen LogP contribution < -0.4 is 10.9 Å². The van der Waals surface area contributed by atoms with Gasteiger partial charge in [-0.2, -0.15) is 0 Å². The van der Waals surface area contributed by atoms with E-state index in [-0.39, 0.29) is 5.91 Å². The number of hydrogen-bond acceptors (Lipinski definition) is 4. The number of pyridine rings is 1. The molecule has 0 bridgehead atoms. The van der Waals surface area contributed by atoms with Crippen LogP contribution in [-0.2, 0) is 12.8 Å². The van der Waals surface area contributed by atoms with Crippen LogP contribution in [0.2, 0.25) is 0 Å². The number of hydrazine groups is 1. The standard InChI is InChI=1S/C16H16BrN3O2S/c17-12-6-11(8-18-9-12)15(21)19-20-16(22)14-7-10-4-2-1-3-5-13(10)23-14/h6-9H,1-5H2,(H,19,21)(H,20,22). The number of rotatable bonds is 2. The van der Waals surface area contributed by atoms with Crippen LogP contribution in [0.3, 0.4) is 0 Å². The molecule has 0 saturated carbocycles. The van der Waals surface area contributed by atoms with Gasteiger partial charge in [0.1, 0.15) is 0 Å². The fraction of sp³-hybridized carbons (Fsp3) is 0.312. The van der Waals surface area contributed by atoms with E-state index in [9.17, 15) is 9.59 Å². The van der Waals surface area contributed by atoms with Gasteiger partial charge in [-0.3, -0.25) is 25.4 Å². The fourth-order valence-electron chi connectivity index (χ4n) is 2.56. The maximum atomic E-state index is 12.2. The van der Waals surface area contributed by atoms with Gasteiger partial charge in [-0.25, -0.2) is 0 Å². The van der Waals surface area contributed by atoms with Crippen LogP contribution in [0.4, 0.5) is 0 Å². The molecular weight excluding hydrogens is 378 g/mol. The molecule has 2 aromatic rings. The average Bonchev–Trinajstić information content (AvgIpc) is 2.83. The quantitative estimate of drug-likeness (QED) is 0.607. The van der Waals surface area contributed by atoms with Gasteiger partial charge in [0.05, 0.1) is 10.4 Å². The predicted octanol–water partition coefficient (Wildman–Crippen LogP) is 3.25. The maximum absolute atomic E-state index is 12.2. The topological polar surface area (TPSA) is 71.1 Å². The highest BCUT2D eigenvalue weighted by atomic mass is 79.9. The molecule has 7 heteroatoms. The van der Waals surface area contributed by atoms with Crippen molar-refractivity contribution in [1.82, 2.24) is 15.8 Å². The molecule has 0 fully saturated rings. The van der Waals surface area contributed by atoms with Gasteiger partial charge in [-0.05, 0) is 59.3 Å². The lowest BCUT2D eigenvalue weighted by Gasteiger charge is -2.06. The van der Waals surface area contributed by atoms with E-state index in [4.69, 9.17) is 0 Å². The van der Waals surface area contributed by atoms with E-state index in [0.717, 1.165) is 12.8 Å². The zero-order valence-corrected chi connectivity index (χ0v) is 14.8. The first kappa shape index (κ1) is 16.1. The molecule has 2 amide bonds. The highest BCUT2D eigenvalue weighted by Gasteiger charge is 2.17. The lowest BCUT2D eigenvalue weighted by Crippen LogP contribution is -2.41. The SMILES string of the molecule is O=C(NNC(=O)c1cc2c(s1)CCCCC2)c1cncc(Br)c1. The molecule has 0 radical (unpaired) electrons. The molecule has 120 valence electrons. The van der Waals surface area contributed by atoms with E-state index in [1.165, 1.54) is 47.2 Å². The molecule has 5 nitrogen and oxygen atoms in total. The first-order valence-corrected chi connectivity index (χ1v) is 9.07. The largest absolute Gasteiger partial charge is 0.279 e. The zero-order valence-electron chi connectivity index (χ0n) is 12.4. The van der Waals surface area contributed by atoms with E-state index in [1.807, 2.05) is 6.07 Å². The van der Waals surface area contributed by atoms with Crippen LogP contribution in [0.1, 0.15) is 49.7 Å². The number of aromatic nitrogens is 1. The minimum absolute atomic E-state index is 0.278. The van der Waals surface area contributed by atoms with E-state index in [2.05, 4.69) is 31.8 Å². The number of hydrogen-bond donors (Lipinski definition) is 2. The molecule has 2 heterocycles. The van der Waals surface area contributed by atoms with Crippen molar-refractivity contribution in [3.05, 3.63) is 49.9 Å². The van der Waals surface area contributed by atoms with Gasteiger partial charge < -0.3 is 0 Å². The van der Waals surface area contributed by atoms with Gasteiger partial charge in [-0.1, -0.05) is 6.42 Å². The summed E-state index contributed by atoms with van der Waals surface area (Å²) in [6.45, 7) is 0. The van der Waals surface area contributed by atoms with E-state index in [1.54, 1.807) is 12.3 Å². The minimum Gasteiger partial charge on any atom is -0.267 e. The Labute approximate surface area is 146 Å². The Balaban J connectivity index is 1.62. The Morgan fingerprint density at radius 2 is 1.83 bits per heavy atom. The van der Waals surface area contributed by atoms with Crippen molar-refractivity contribution in [3.63, 3.8) is 0 Å². The van der Waals surface area contributed by atoms with E-state index in [0.29, 0.717) is 14.9 Å². The highest BCUT2D eigenvalue weighted by molar-refractivity contribution is 9.10. The van der Waals surface area contributed by atoms with Gasteiger partial charge in [0.15, 0.2) is 0 Å². The molecule has 0 aromatic carbocycles. The predicted molar refractivity (Wildman–Crippen MR) is 92.4 cm³/mol. The Morgan fingerprint density at radius 3 is 2.65 bits per heavy atom. The first-order chi connectivity index (χ1) is 11.1. The number of nitrogens with zero attached hydrogens (tertiary/aromatic N) is 1. The summed E-state index contributed by atoms with van der Waals surface area (Å²) in [5, 5.41) is 0. The van der Waals surface area contributed by atoms with Crippen molar-refractivity contribution >= 4 is 39.1 Å². The molecule has 23 heavy (non-hydrogen) atoms. The van der Waals surface area contributed by atoms with Crippen LogP contribution >= 0.6 is 27.3 Å². The second kappa shape index (κ2) is 7.23. The summed E-state index contributed by atoms with van der Waals surface area (Å²) >= 11 is 4.78. The third kappa shape index (κ3) is 3.97. The minimum atomic E-state index is -0.398. The van der Waals surface area contributed by atoms with E-state index < -0.39 is 5.91 Å². The molecule has 0 aliphatic heterocycles. The van der Waals surface area contributed by atoms with Crippen LogP contribution in [0.5, 0.6) is 0 Å². The molecule has 1 aliphatic carbocycles. The van der Waals surface area contributed by atoms with Crippen LogP contribution in [-0.4, -0.2) is 16.8 Å². The second-order valence-corrected chi connectivity index (χ2v) is 7.47. The van der Waals surface area contributed by atoms with Gasteiger partial charge in [0.25, 0.3) is 11.8 Å². The fourth-order valence-corrected chi connectivity index (χ4v) is 4.08. The summed E-state index contributed by atoms with van der Waals surface area (Å²) in [5.74, 6) is -0.676. The smallest absolute Gasteiger partial charge is 0.267 e. The summed E-state index contributed by atoms with van der Waals surface area (Å²) < 4.78 is 0.707. The average molecular weight is 394 g/mol. The summed E-state index contributed by atoms with van der Waals surface area (Å²) in [4.78, 5) is 30.1. The molecule has 0 spiro atoms. The van der Waals surface area contributed by atoms with Crippen LogP contribution in [0.25, 0.3) is 0 Å². The van der Waals surface area contributed by atoms with Gasteiger partial charge >= 0.3 is 0 Å². The van der Waals surface area contributed by atoms with Gasteiger partial charge in [-0.15, -0.1) is 11.3 Å². The number of aryl methyl sites for hydroxylation is 2. The third-order valence-electron chi connectivity index (χ3n) is 3.73. The van der Waals surface area contributed by atoms with Crippen molar-refractivity contribution < 1.29 is 9.59 Å². The second-order valence-electron chi connectivity index (χ2n) is 5.42. The molecule has 0 saturated heterocycles. The Bertz CT molecular complexity index is 721. The summed E-state index contributed by atoms with van der Waals surface area (Å²) in [5.41, 5.74) is 6.55. The van der Waals surface area contributed by atoms with Crippen molar-refractivity contribution in [1.29, 1.82) is 0 Å². The summed E-state index contributed by atoms with van der Waals surface area (Å²) in [7, 11) is 0. The monoisotopic (exact) mass is 393 g/mol. The van der Waals surface area contributed by atoms with Crippen molar-refractivity contribution in [3.8, 4) is 0 Å². The summed E-state index contributed by atoms with van der Waals surface area (Å²) in [6.07, 6.45) is 8.73. The number of carbonyl (C=O) groups is 2. The first-order valence-electron chi connectivity index (χ1n) is 7.46. The number of amides is 2. The van der Waals surface area contributed by atoms with Crippen LogP contribution in [0.15, 0.2) is 29.0 Å². The van der Waals surface area contributed by atoms with Crippen molar-refractivity contribution in [2.45, 2.75) is 32.1 Å². The van der Waals surface area contributed by atoms with Crippen LogP contribution in [0, 0.1) is 0 Å². The molecule has 0 unspecified atom stereocenters. The van der Waals surface area contributed by atoms with E-state index >= 15 is 0 Å². The van der Waals surface area contributed by atoms with Crippen molar-refractivity contribution in [2.24, 2.45) is 0 Å². The molecular formula is C16H16BrN3O2S. The number of carbonyl (C=O) groups excluding carboxylic acids is 2. The molecule has 1 aliphatic rings. The van der Waals surface area contributed by atoms with Gasteiger partial charge in [0, 0.05) is 21.7 Å². The van der Waals surface area contributed by atoms with Gasteiger partial charge in [0.2, 0.25) is 0 Å². The number of halogens is 1. The molecule has 2 aromatic heterocycles.